The second kappa shape index (κ2) is 8.23. The molecule has 2 aromatic carbocycles. The van der Waals surface area contributed by atoms with Gasteiger partial charge in [-0.3, -0.25) is 4.79 Å². The summed E-state index contributed by atoms with van der Waals surface area (Å²) in [5.74, 6) is -1.08. The van der Waals surface area contributed by atoms with Gasteiger partial charge in [0.05, 0.1) is 29.3 Å². The molecule has 0 saturated heterocycles. The number of rotatable bonds is 4. The highest BCUT2D eigenvalue weighted by atomic mass is 32.1. The zero-order chi connectivity index (χ0) is 22.2. The molecule has 2 aliphatic heterocycles. The van der Waals surface area contributed by atoms with Gasteiger partial charge in [-0.2, -0.15) is 0 Å². The number of hydrogen-bond acceptors (Lipinski definition) is 8. The largest absolute Gasteiger partial charge is 0.486 e. The molecular weight excluding hydrogens is 435 g/mol. The first-order valence-corrected chi connectivity index (χ1v) is 11.1. The predicted octanol–water partition coefficient (Wildman–Crippen LogP) is 4.35. The van der Waals surface area contributed by atoms with E-state index in [4.69, 9.17) is 14.2 Å². The molecule has 0 fully saturated rings. The summed E-state index contributed by atoms with van der Waals surface area (Å²) < 4.78 is 31.0. The molecule has 1 unspecified atom stereocenters. The number of halogens is 1. The molecule has 2 aliphatic rings. The maximum Gasteiger partial charge on any atom is 0.339 e. The number of anilines is 2. The van der Waals surface area contributed by atoms with E-state index in [0.29, 0.717) is 41.1 Å². The summed E-state index contributed by atoms with van der Waals surface area (Å²) in [6.45, 7) is 2.90. The maximum atomic E-state index is 14.6. The minimum atomic E-state index is -0.737. The molecule has 164 valence electrons. The highest BCUT2D eigenvalue weighted by Gasteiger charge is 2.39. The van der Waals surface area contributed by atoms with E-state index in [1.807, 2.05) is 11.0 Å². The van der Waals surface area contributed by atoms with Gasteiger partial charge >= 0.3 is 5.97 Å². The number of nitrogens with zero attached hydrogens (tertiary/aromatic N) is 2. The van der Waals surface area contributed by atoms with Gasteiger partial charge in [0.15, 0.2) is 17.3 Å². The van der Waals surface area contributed by atoms with Crippen molar-refractivity contribution >= 4 is 34.5 Å². The van der Waals surface area contributed by atoms with E-state index >= 15 is 0 Å². The molecule has 9 heteroatoms. The number of benzene rings is 2. The highest BCUT2D eigenvalue weighted by Crippen LogP contribution is 2.44. The van der Waals surface area contributed by atoms with Gasteiger partial charge in [-0.1, -0.05) is 0 Å². The van der Waals surface area contributed by atoms with Crippen molar-refractivity contribution in [3.8, 4) is 11.5 Å². The molecule has 0 bridgehead atoms. The van der Waals surface area contributed by atoms with Gasteiger partial charge in [-0.25, -0.2) is 14.2 Å². The normalized spacial score (nSPS) is 17.1. The number of carbonyl (C=O) groups excluding carboxylic acids is 2. The number of thiazole rings is 1. The van der Waals surface area contributed by atoms with Crippen LogP contribution < -0.4 is 14.4 Å². The topological polar surface area (TPSA) is 78.0 Å². The van der Waals surface area contributed by atoms with Crippen LogP contribution in [0, 0.1) is 5.82 Å². The van der Waals surface area contributed by atoms with E-state index in [2.05, 4.69) is 4.98 Å². The third-order valence-corrected chi connectivity index (χ3v) is 6.27. The van der Waals surface area contributed by atoms with Crippen LogP contribution in [-0.4, -0.2) is 43.1 Å². The summed E-state index contributed by atoms with van der Waals surface area (Å²) in [4.78, 5) is 32.3. The van der Waals surface area contributed by atoms with Crippen LogP contribution >= 0.6 is 11.3 Å². The Morgan fingerprint density at radius 2 is 2.06 bits per heavy atom. The molecule has 7 nitrogen and oxygen atoms in total. The second-order valence-corrected chi connectivity index (χ2v) is 8.22. The van der Waals surface area contributed by atoms with Gasteiger partial charge < -0.3 is 19.1 Å². The Hall–Kier alpha value is -3.46. The number of esters is 1. The standard InChI is InChI=1S/C23H19FN2O5S/c1-2-29-23(28)15-9-13(24)10-17-20(15)21(27)16(22-25-5-8-32-22)12-26(17)14-3-4-18-19(11-14)31-7-6-30-18/h3-5,8-11,16H,2,6-7,12H2,1H3. The quantitative estimate of drug-likeness (QED) is 0.543. The molecule has 1 atom stereocenters. The average Bonchev–Trinajstić information content (AvgIpc) is 3.33. The van der Waals surface area contributed by atoms with Gasteiger partial charge in [-0.15, -0.1) is 11.3 Å². The van der Waals surface area contributed by atoms with Crippen LogP contribution in [-0.2, 0) is 4.74 Å². The number of ether oxygens (including phenoxy) is 3. The maximum absolute atomic E-state index is 14.6. The zero-order valence-corrected chi connectivity index (χ0v) is 18.0. The lowest BCUT2D eigenvalue weighted by atomic mass is 9.87. The summed E-state index contributed by atoms with van der Waals surface area (Å²) in [6.07, 6.45) is 1.63. The summed E-state index contributed by atoms with van der Waals surface area (Å²) in [7, 11) is 0. The van der Waals surface area contributed by atoms with Crippen molar-refractivity contribution in [3.05, 3.63) is 63.9 Å². The third-order valence-electron chi connectivity index (χ3n) is 5.38. The second-order valence-electron chi connectivity index (χ2n) is 7.29. The van der Waals surface area contributed by atoms with Crippen molar-refractivity contribution < 1.29 is 28.2 Å². The molecule has 5 rings (SSSR count). The molecule has 1 aromatic heterocycles. The smallest absolute Gasteiger partial charge is 0.339 e. The minimum absolute atomic E-state index is 0.0874. The lowest BCUT2D eigenvalue weighted by Gasteiger charge is -2.35. The van der Waals surface area contributed by atoms with Crippen LogP contribution in [0.4, 0.5) is 15.8 Å². The first-order chi connectivity index (χ1) is 15.6. The van der Waals surface area contributed by atoms with Crippen molar-refractivity contribution in [1.82, 2.24) is 4.98 Å². The lowest BCUT2D eigenvalue weighted by Crippen LogP contribution is -2.36. The Kier molecular flexibility index (Phi) is 5.26. The summed E-state index contributed by atoms with van der Waals surface area (Å²) in [6, 6.07) is 7.72. The van der Waals surface area contributed by atoms with Gasteiger partial charge in [0, 0.05) is 29.9 Å². The number of aromatic nitrogens is 1. The SMILES string of the molecule is CCOC(=O)c1cc(F)cc2c1C(=O)C(c1nccs1)CN2c1ccc2c(c1)OCCO2. The van der Waals surface area contributed by atoms with Gasteiger partial charge in [-0.05, 0) is 31.2 Å². The monoisotopic (exact) mass is 454 g/mol. The molecule has 3 heterocycles. The van der Waals surface area contributed by atoms with E-state index in [1.165, 1.54) is 17.4 Å². The molecule has 32 heavy (non-hydrogen) atoms. The van der Waals surface area contributed by atoms with E-state index in [-0.39, 0.29) is 30.1 Å². The number of hydrogen-bond donors (Lipinski definition) is 0. The van der Waals surface area contributed by atoms with Crippen LogP contribution in [0.5, 0.6) is 11.5 Å². The Bertz CT molecular complexity index is 1200. The Labute approximate surface area is 187 Å². The Balaban J connectivity index is 1.69. The fourth-order valence-electron chi connectivity index (χ4n) is 4.01. The number of Topliss-reactive ketones (excluding diaryl/α,β-unsaturated/α-hetero) is 1. The average molecular weight is 454 g/mol. The van der Waals surface area contributed by atoms with E-state index in [0.717, 1.165) is 6.07 Å². The fraction of sp³-hybridized carbons (Fsp3) is 0.261. The van der Waals surface area contributed by atoms with E-state index in [1.54, 1.807) is 30.6 Å². The van der Waals surface area contributed by atoms with Crippen LogP contribution in [0.2, 0.25) is 0 Å². The van der Waals surface area contributed by atoms with Crippen molar-refractivity contribution in [2.24, 2.45) is 0 Å². The highest BCUT2D eigenvalue weighted by molar-refractivity contribution is 7.09. The van der Waals surface area contributed by atoms with Gasteiger partial charge in [0.25, 0.3) is 0 Å². The number of carbonyl (C=O) groups is 2. The van der Waals surface area contributed by atoms with Crippen molar-refractivity contribution in [2.75, 3.05) is 31.3 Å². The van der Waals surface area contributed by atoms with E-state index < -0.39 is 17.7 Å². The Morgan fingerprint density at radius 3 is 2.81 bits per heavy atom. The first kappa shape index (κ1) is 20.4. The zero-order valence-electron chi connectivity index (χ0n) is 17.2. The van der Waals surface area contributed by atoms with Crippen molar-refractivity contribution in [1.29, 1.82) is 0 Å². The molecule has 0 spiro atoms. The summed E-state index contributed by atoms with van der Waals surface area (Å²) in [5, 5.41) is 2.42. The van der Waals surface area contributed by atoms with Crippen molar-refractivity contribution in [3.63, 3.8) is 0 Å². The third kappa shape index (κ3) is 3.48. The molecule has 0 amide bonds. The van der Waals surface area contributed by atoms with Crippen LogP contribution in [0.15, 0.2) is 41.9 Å². The van der Waals surface area contributed by atoms with E-state index in [9.17, 15) is 14.0 Å². The summed E-state index contributed by atoms with van der Waals surface area (Å²) >= 11 is 1.36. The first-order valence-electron chi connectivity index (χ1n) is 10.2. The molecule has 0 saturated carbocycles. The predicted molar refractivity (Wildman–Crippen MR) is 116 cm³/mol. The molecule has 3 aromatic rings. The fourth-order valence-corrected chi connectivity index (χ4v) is 4.74. The van der Waals surface area contributed by atoms with Crippen molar-refractivity contribution in [2.45, 2.75) is 12.8 Å². The lowest BCUT2D eigenvalue weighted by molar-refractivity contribution is 0.0522. The number of ketones is 1. The van der Waals surface area contributed by atoms with Gasteiger partial charge in [0.1, 0.15) is 24.0 Å². The van der Waals surface area contributed by atoms with Crippen LogP contribution in [0.25, 0.3) is 0 Å². The van der Waals surface area contributed by atoms with Gasteiger partial charge in [0.2, 0.25) is 0 Å². The molecular formula is C23H19FN2O5S. The molecule has 0 radical (unpaired) electrons. The summed E-state index contributed by atoms with van der Waals surface area (Å²) in [5.41, 5.74) is 1.04. The van der Waals surface area contributed by atoms with Crippen LogP contribution in [0.3, 0.4) is 0 Å². The molecule has 0 aliphatic carbocycles. The van der Waals surface area contributed by atoms with Crippen LogP contribution in [0.1, 0.15) is 38.6 Å². The number of fused-ring (bicyclic) bond motifs is 2. The minimum Gasteiger partial charge on any atom is -0.486 e. The Morgan fingerprint density at radius 1 is 1.25 bits per heavy atom. The molecule has 0 N–H and O–H groups in total.